The molecule has 268 valence electrons. The van der Waals surface area contributed by atoms with Crippen molar-refractivity contribution in [2.45, 2.75) is 31.8 Å². The van der Waals surface area contributed by atoms with Crippen LogP contribution in [0, 0.1) is 18.6 Å². The van der Waals surface area contributed by atoms with Gasteiger partial charge in [0.15, 0.2) is 42.7 Å². The molecular weight excluding hydrogens is 774 g/mol. The average Bonchev–Trinajstić information content (AvgIpc) is 3.87. The van der Waals surface area contributed by atoms with E-state index in [0.29, 0.717) is 29.8 Å². The fourth-order valence-corrected chi connectivity index (χ4v) is 8.57. The predicted molar refractivity (Wildman–Crippen MR) is 177 cm³/mol. The molecule has 2 aliphatic heterocycles. The van der Waals surface area contributed by atoms with Gasteiger partial charge < -0.3 is 10.6 Å². The van der Waals surface area contributed by atoms with E-state index < -0.39 is 25.5 Å². The minimum Gasteiger partial charge on any atom is -0.361 e. The van der Waals surface area contributed by atoms with E-state index in [-0.39, 0.29) is 80.1 Å². The van der Waals surface area contributed by atoms with Crippen molar-refractivity contribution in [2.75, 3.05) is 33.6 Å². The summed E-state index contributed by atoms with van der Waals surface area (Å²) in [6.07, 6.45) is 0.864. The molecule has 4 aromatic rings. The SMILES string of the molecule is Cc1cc(N=C(NO)c2nonc2N[C@@H]2CCS(=O)(=O)C2)ccc1F.O=S1(=O)CC[C@H](Nc2nonc2C(=Nc2ccc(F)c(Br)c2)NO)C1. The molecule has 2 aliphatic rings. The second-order valence-corrected chi connectivity index (χ2v) is 16.4. The standard InChI is InChI=1S/C14H16FN5O4S.C13H13BrFN5O4S/c1-8-6-9(2-3-11(8)15)16-13(18-21)12-14(20-24-19-12)17-10-4-5-25(22,23)7-10;14-9-5-7(1-2-10(9)15)16-12(18-21)11-13(20-24-19-11)17-8-3-4-25(22,23)6-8/h2-3,6,10,21H,4-5,7H2,1H3,(H,16,18)(H,17,20);1-2,5,8,21H,3-4,6H2,(H,16,18)(H,17,20)/t10-;8-/m10/s1. The quantitative estimate of drug-likeness (QED) is 0.0850. The van der Waals surface area contributed by atoms with Gasteiger partial charge in [0.2, 0.25) is 11.6 Å². The number of amidine groups is 2. The first-order valence-corrected chi connectivity index (χ1v) is 19.0. The number of benzene rings is 2. The smallest absolute Gasteiger partial charge is 0.202 e. The lowest BCUT2D eigenvalue weighted by atomic mass is 10.2. The maximum atomic E-state index is 13.3. The summed E-state index contributed by atoms with van der Waals surface area (Å²) in [5.74, 6) is -0.550. The van der Waals surface area contributed by atoms with Gasteiger partial charge in [-0.2, -0.15) is 0 Å². The van der Waals surface area contributed by atoms with Crippen LogP contribution in [0.2, 0.25) is 0 Å². The Bertz CT molecular complexity index is 1980. The zero-order chi connectivity index (χ0) is 36.1. The average molecular weight is 804 g/mol. The van der Waals surface area contributed by atoms with E-state index in [2.05, 4.69) is 66.4 Å². The first kappa shape index (κ1) is 36.7. The summed E-state index contributed by atoms with van der Waals surface area (Å²) in [5, 5.41) is 39.3. The van der Waals surface area contributed by atoms with Crippen molar-refractivity contribution in [1.29, 1.82) is 0 Å². The zero-order valence-corrected chi connectivity index (χ0v) is 29.1. The largest absolute Gasteiger partial charge is 0.361 e. The molecule has 0 spiro atoms. The van der Waals surface area contributed by atoms with E-state index >= 15 is 0 Å². The molecule has 2 aromatic heterocycles. The number of rotatable bonds is 8. The van der Waals surface area contributed by atoms with Crippen LogP contribution in [0.25, 0.3) is 0 Å². The molecule has 0 unspecified atom stereocenters. The lowest BCUT2D eigenvalue weighted by Crippen LogP contribution is -2.25. The fraction of sp³-hybridized carbons (Fsp3) is 0.333. The number of aromatic nitrogens is 4. The van der Waals surface area contributed by atoms with E-state index in [1.807, 2.05) is 11.0 Å². The number of sulfone groups is 2. The van der Waals surface area contributed by atoms with Crippen molar-refractivity contribution in [2.24, 2.45) is 9.98 Å². The maximum Gasteiger partial charge on any atom is 0.202 e. The lowest BCUT2D eigenvalue weighted by Gasteiger charge is -2.10. The molecule has 18 nitrogen and oxygen atoms in total. The van der Waals surface area contributed by atoms with E-state index in [1.165, 1.54) is 36.4 Å². The number of halogens is 3. The van der Waals surface area contributed by atoms with E-state index in [9.17, 15) is 36.0 Å². The van der Waals surface area contributed by atoms with Gasteiger partial charge in [0.05, 0.1) is 38.9 Å². The number of nitrogens with zero attached hydrogens (tertiary/aromatic N) is 6. The lowest BCUT2D eigenvalue weighted by molar-refractivity contribution is 0.233. The van der Waals surface area contributed by atoms with Crippen molar-refractivity contribution in [3.8, 4) is 0 Å². The Labute approximate surface area is 291 Å². The Morgan fingerprint density at radius 1 is 0.780 bits per heavy atom. The molecule has 6 rings (SSSR count). The van der Waals surface area contributed by atoms with Crippen LogP contribution < -0.4 is 21.6 Å². The molecule has 0 bridgehead atoms. The number of aryl methyl sites for hydroxylation is 1. The number of hydrogen-bond donors (Lipinski definition) is 6. The zero-order valence-electron chi connectivity index (χ0n) is 25.8. The molecule has 0 saturated carbocycles. The molecule has 4 heterocycles. The van der Waals surface area contributed by atoms with Gasteiger partial charge in [-0.15, -0.1) is 0 Å². The highest BCUT2D eigenvalue weighted by molar-refractivity contribution is 9.10. The molecule has 23 heteroatoms. The van der Waals surface area contributed by atoms with Crippen LogP contribution in [0.5, 0.6) is 0 Å². The van der Waals surface area contributed by atoms with Crippen molar-refractivity contribution in [1.82, 2.24) is 31.6 Å². The van der Waals surface area contributed by atoms with Gasteiger partial charge in [-0.1, -0.05) is 0 Å². The molecule has 2 fully saturated rings. The van der Waals surface area contributed by atoms with Gasteiger partial charge in [0.25, 0.3) is 0 Å². The van der Waals surface area contributed by atoms with Gasteiger partial charge in [-0.3, -0.25) is 21.4 Å². The Balaban J connectivity index is 0.000000194. The summed E-state index contributed by atoms with van der Waals surface area (Å²) in [6.45, 7) is 1.59. The molecule has 2 atom stereocenters. The van der Waals surface area contributed by atoms with Crippen molar-refractivity contribution in [3.05, 3.63) is 69.5 Å². The third-order valence-corrected chi connectivity index (χ3v) is 11.5. The minimum absolute atomic E-state index is 0.0184. The number of hydroxylamine groups is 2. The third kappa shape index (κ3) is 9.35. The highest BCUT2D eigenvalue weighted by Gasteiger charge is 2.31. The van der Waals surface area contributed by atoms with Gasteiger partial charge in [0.1, 0.15) is 11.6 Å². The summed E-state index contributed by atoms with van der Waals surface area (Å²) in [5.41, 5.74) is 5.05. The highest BCUT2D eigenvalue weighted by Crippen LogP contribution is 2.25. The van der Waals surface area contributed by atoms with Gasteiger partial charge in [0, 0.05) is 12.1 Å². The number of hydrogen-bond acceptors (Lipinski definition) is 16. The molecular formula is C27H29BrF2N10O8S2. The monoisotopic (exact) mass is 802 g/mol. The molecule has 6 N–H and O–H groups in total. The van der Waals surface area contributed by atoms with E-state index in [0.717, 1.165) is 0 Å². The Morgan fingerprint density at radius 3 is 1.64 bits per heavy atom. The van der Waals surface area contributed by atoms with Crippen LogP contribution in [-0.2, 0) is 19.7 Å². The summed E-state index contributed by atoms with van der Waals surface area (Å²) >= 11 is 3.05. The first-order valence-electron chi connectivity index (χ1n) is 14.5. The van der Waals surface area contributed by atoms with Gasteiger partial charge in [-0.05, 0) is 98.3 Å². The Kier molecular flexibility index (Phi) is 11.4. The predicted octanol–water partition coefficient (Wildman–Crippen LogP) is 2.80. The molecule has 0 radical (unpaired) electrons. The van der Waals surface area contributed by atoms with Crippen LogP contribution >= 0.6 is 15.9 Å². The van der Waals surface area contributed by atoms with Crippen LogP contribution in [0.1, 0.15) is 29.8 Å². The summed E-state index contributed by atoms with van der Waals surface area (Å²) in [4.78, 5) is 8.28. The number of anilines is 2. The van der Waals surface area contributed by atoms with Crippen molar-refractivity contribution in [3.63, 3.8) is 0 Å². The van der Waals surface area contributed by atoms with Gasteiger partial charge in [-0.25, -0.2) is 44.9 Å². The molecule has 2 saturated heterocycles. The minimum atomic E-state index is -3.07. The normalized spacial score (nSPS) is 19.8. The second kappa shape index (κ2) is 15.5. The third-order valence-electron chi connectivity index (χ3n) is 7.31. The molecule has 0 aliphatic carbocycles. The number of nitrogens with one attached hydrogen (secondary N) is 4. The summed E-state index contributed by atoms with van der Waals surface area (Å²) < 4.78 is 82.3. The Hall–Kier alpha value is -4.58. The van der Waals surface area contributed by atoms with Crippen LogP contribution in [0.3, 0.4) is 0 Å². The van der Waals surface area contributed by atoms with E-state index in [1.54, 1.807) is 6.92 Å². The fourth-order valence-electron chi connectivity index (χ4n) is 4.85. The topological polar surface area (TPSA) is 259 Å². The second-order valence-electron chi connectivity index (χ2n) is 11.1. The molecule has 50 heavy (non-hydrogen) atoms. The van der Waals surface area contributed by atoms with Crippen LogP contribution in [-0.4, -0.2) is 94.6 Å². The molecule has 0 amide bonds. The van der Waals surface area contributed by atoms with Crippen molar-refractivity contribution >= 4 is 70.3 Å². The summed E-state index contributed by atoms with van der Waals surface area (Å²) in [7, 11) is -6.14. The van der Waals surface area contributed by atoms with E-state index in [4.69, 9.17) is 0 Å². The highest BCUT2D eigenvalue weighted by atomic mass is 79.9. The Morgan fingerprint density at radius 2 is 1.24 bits per heavy atom. The maximum absolute atomic E-state index is 13.3. The van der Waals surface area contributed by atoms with Crippen LogP contribution in [0.4, 0.5) is 31.8 Å². The van der Waals surface area contributed by atoms with Gasteiger partial charge >= 0.3 is 0 Å². The van der Waals surface area contributed by atoms with Crippen LogP contribution in [0.15, 0.2) is 60.1 Å². The van der Waals surface area contributed by atoms with Crippen molar-refractivity contribution < 1.29 is 45.3 Å². The summed E-state index contributed by atoms with van der Waals surface area (Å²) in [6, 6.07) is 7.55. The number of aliphatic imine (C=N–C) groups is 2. The molecule has 2 aromatic carbocycles. The first-order chi connectivity index (χ1) is 23.8.